The lowest BCUT2D eigenvalue weighted by atomic mass is 10.0. The predicted molar refractivity (Wildman–Crippen MR) is 134 cm³/mol. The highest BCUT2D eigenvalue weighted by atomic mass is 32.2. The molecule has 0 fully saturated rings. The van der Waals surface area contributed by atoms with Gasteiger partial charge in [-0.05, 0) is 35.4 Å². The third-order valence-corrected chi connectivity index (χ3v) is 6.14. The Morgan fingerprint density at radius 1 is 0.857 bits per heavy atom. The Balaban J connectivity index is 1.28. The summed E-state index contributed by atoms with van der Waals surface area (Å²) in [6.45, 7) is 0. The molecule has 0 atom stereocenters. The van der Waals surface area contributed by atoms with E-state index in [1.807, 2.05) is 42.5 Å². The van der Waals surface area contributed by atoms with Crippen molar-refractivity contribution in [3.63, 3.8) is 0 Å². The van der Waals surface area contributed by atoms with Gasteiger partial charge in [-0.2, -0.15) is 9.61 Å². The lowest BCUT2D eigenvalue weighted by Crippen LogP contribution is -2.14. The van der Waals surface area contributed by atoms with Crippen LogP contribution in [0, 0.1) is 10.1 Å². The summed E-state index contributed by atoms with van der Waals surface area (Å²) in [5.74, 6) is -0.191. The van der Waals surface area contributed by atoms with Gasteiger partial charge in [0.05, 0.1) is 16.4 Å². The average molecular weight is 483 g/mol. The summed E-state index contributed by atoms with van der Waals surface area (Å²) < 4.78 is 1.62. The van der Waals surface area contributed by atoms with Crippen molar-refractivity contribution in [3.8, 4) is 22.4 Å². The van der Waals surface area contributed by atoms with Crippen LogP contribution in [-0.4, -0.2) is 36.4 Å². The number of thioether (sulfide) groups is 1. The van der Waals surface area contributed by atoms with Crippen molar-refractivity contribution in [3.05, 3.63) is 101 Å². The molecule has 172 valence electrons. The molecule has 2 heterocycles. The lowest BCUT2D eigenvalue weighted by Gasteiger charge is -2.06. The fourth-order valence-electron chi connectivity index (χ4n) is 3.47. The van der Waals surface area contributed by atoms with Gasteiger partial charge in [-0.1, -0.05) is 66.4 Å². The van der Waals surface area contributed by atoms with Crippen molar-refractivity contribution in [2.45, 2.75) is 5.16 Å². The van der Waals surface area contributed by atoms with Crippen LogP contribution < -0.4 is 5.32 Å². The number of nitrogens with one attached hydrogen (secondary N) is 1. The molecule has 0 radical (unpaired) electrons. The summed E-state index contributed by atoms with van der Waals surface area (Å²) in [5.41, 5.74) is 4.99. The number of aromatic nitrogens is 4. The molecule has 0 aliphatic carbocycles. The molecule has 9 nitrogen and oxygen atoms in total. The summed E-state index contributed by atoms with van der Waals surface area (Å²) in [5, 5.41) is 26.9. The second-order valence-corrected chi connectivity index (χ2v) is 8.50. The maximum atomic E-state index is 12.4. The van der Waals surface area contributed by atoms with Gasteiger partial charge in [-0.15, -0.1) is 10.2 Å². The number of benzene rings is 3. The normalized spacial score (nSPS) is 10.9. The number of hydrogen-bond acceptors (Lipinski definition) is 7. The van der Waals surface area contributed by atoms with Gasteiger partial charge in [0.2, 0.25) is 11.1 Å². The minimum absolute atomic E-state index is 0.0381. The molecule has 1 amide bonds. The molecule has 2 aromatic heterocycles. The van der Waals surface area contributed by atoms with Crippen molar-refractivity contribution in [2.75, 3.05) is 11.1 Å². The van der Waals surface area contributed by atoms with E-state index in [-0.39, 0.29) is 17.3 Å². The minimum atomic E-state index is -0.489. The van der Waals surface area contributed by atoms with Gasteiger partial charge in [0.1, 0.15) is 0 Å². The average Bonchev–Trinajstić information content (AvgIpc) is 3.30. The van der Waals surface area contributed by atoms with E-state index in [0.717, 1.165) is 22.4 Å². The lowest BCUT2D eigenvalue weighted by molar-refractivity contribution is -0.384. The van der Waals surface area contributed by atoms with Gasteiger partial charge in [0.15, 0.2) is 5.65 Å². The fourth-order valence-corrected chi connectivity index (χ4v) is 4.16. The first-order chi connectivity index (χ1) is 17.1. The number of rotatable bonds is 7. The molecule has 0 bridgehead atoms. The summed E-state index contributed by atoms with van der Waals surface area (Å²) in [7, 11) is 0. The summed E-state index contributed by atoms with van der Waals surface area (Å²) in [6.07, 6.45) is 0. The molecule has 0 aliphatic rings. The van der Waals surface area contributed by atoms with E-state index in [4.69, 9.17) is 0 Å². The molecular formula is C25H18N6O3S. The smallest absolute Gasteiger partial charge is 0.269 e. The monoisotopic (exact) mass is 482 g/mol. The van der Waals surface area contributed by atoms with Gasteiger partial charge < -0.3 is 5.32 Å². The van der Waals surface area contributed by atoms with E-state index in [1.165, 1.54) is 36.0 Å². The first-order valence-electron chi connectivity index (χ1n) is 10.6. The van der Waals surface area contributed by atoms with Crippen LogP contribution in [0.5, 0.6) is 0 Å². The second-order valence-electron chi connectivity index (χ2n) is 7.56. The molecule has 0 aliphatic heterocycles. The Kier molecular flexibility index (Phi) is 6.18. The zero-order valence-electron chi connectivity index (χ0n) is 18.2. The van der Waals surface area contributed by atoms with Crippen LogP contribution in [0.3, 0.4) is 0 Å². The molecule has 35 heavy (non-hydrogen) atoms. The van der Waals surface area contributed by atoms with Gasteiger partial charge in [0.25, 0.3) is 5.69 Å². The minimum Gasteiger partial charge on any atom is -0.325 e. The number of fused-ring (bicyclic) bond motifs is 1. The molecule has 0 unspecified atom stereocenters. The van der Waals surface area contributed by atoms with Gasteiger partial charge in [-0.3, -0.25) is 14.9 Å². The van der Waals surface area contributed by atoms with Gasteiger partial charge in [-0.25, -0.2) is 0 Å². The Hall–Kier alpha value is -4.57. The number of nitrogens with zero attached hydrogens (tertiary/aromatic N) is 5. The van der Waals surface area contributed by atoms with Crippen molar-refractivity contribution < 1.29 is 9.72 Å². The van der Waals surface area contributed by atoms with Crippen molar-refractivity contribution in [1.82, 2.24) is 19.8 Å². The highest BCUT2D eigenvalue weighted by molar-refractivity contribution is 7.99. The number of hydrogen-bond donors (Lipinski definition) is 1. The van der Waals surface area contributed by atoms with E-state index in [2.05, 4.69) is 44.9 Å². The Bertz CT molecular complexity index is 1500. The summed E-state index contributed by atoms with van der Waals surface area (Å²) >= 11 is 1.20. The number of anilines is 1. The van der Waals surface area contributed by atoms with Crippen LogP contribution in [0.4, 0.5) is 11.4 Å². The Labute approximate surface area is 204 Å². The van der Waals surface area contributed by atoms with E-state index in [1.54, 1.807) is 4.52 Å². The zero-order chi connectivity index (χ0) is 24.2. The van der Waals surface area contributed by atoms with Crippen LogP contribution >= 0.6 is 11.8 Å². The number of non-ortho nitro benzene ring substituents is 1. The molecular weight excluding hydrogens is 464 g/mol. The van der Waals surface area contributed by atoms with Crippen LogP contribution in [0.15, 0.2) is 96.2 Å². The number of nitro groups is 1. The first kappa shape index (κ1) is 22.2. The third kappa shape index (κ3) is 5.02. The predicted octanol–water partition coefficient (Wildman–Crippen LogP) is 5.10. The van der Waals surface area contributed by atoms with Crippen molar-refractivity contribution in [1.29, 1.82) is 0 Å². The largest absolute Gasteiger partial charge is 0.325 e. The second kappa shape index (κ2) is 9.74. The molecule has 10 heteroatoms. The van der Waals surface area contributed by atoms with E-state index in [9.17, 15) is 14.9 Å². The van der Waals surface area contributed by atoms with Crippen molar-refractivity contribution in [2.24, 2.45) is 0 Å². The van der Waals surface area contributed by atoms with Crippen LogP contribution in [0.2, 0.25) is 0 Å². The maximum Gasteiger partial charge on any atom is 0.269 e. The molecule has 1 N–H and O–H groups in total. The van der Waals surface area contributed by atoms with Crippen LogP contribution in [0.25, 0.3) is 28.0 Å². The third-order valence-electron chi connectivity index (χ3n) is 5.22. The highest BCUT2D eigenvalue weighted by Crippen LogP contribution is 2.25. The fraction of sp³-hybridized carbons (Fsp3) is 0.0400. The maximum absolute atomic E-state index is 12.4. The Morgan fingerprint density at radius 2 is 1.54 bits per heavy atom. The van der Waals surface area contributed by atoms with Crippen molar-refractivity contribution >= 4 is 34.7 Å². The van der Waals surface area contributed by atoms with E-state index in [0.29, 0.717) is 16.5 Å². The molecule has 0 saturated heterocycles. The number of nitro benzene ring substituents is 1. The van der Waals surface area contributed by atoms with Crippen LogP contribution in [0.1, 0.15) is 0 Å². The van der Waals surface area contributed by atoms with Gasteiger partial charge in [0, 0.05) is 23.4 Å². The molecule has 5 rings (SSSR count). The zero-order valence-corrected chi connectivity index (χ0v) is 19.1. The first-order valence-corrected chi connectivity index (χ1v) is 11.6. The summed E-state index contributed by atoms with van der Waals surface area (Å²) in [4.78, 5) is 22.6. The SMILES string of the molecule is O=C(CSc1nnc2ccc(-c3ccc(-c4ccccc4)cc3)nn12)Nc1ccc([N+](=O)[O-])cc1. The van der Waals surface area contributed by atoms with Gasteiger partial charge >= 0.3 is 0 Å². The van der Waals surface area contributed by atoms with E-state index >= 15 is 0 Å². The number of amides is 1. The molecule has 0 spiro atoms. The standard InChI is InChI=1S/C25H18N6O3S/c32-24(26-20-10-12-21(13-11-20)31(33)34)16-35-25-28-27-23-15-14-22(29-30(23)25)19-8-6-18(7-9-19)17-4-2-1-3-5-17/h1-15H,16H2,(H,26,32). The summed E-state index contributed by atoms with van der Waals surface area (Å²) in [6, 6.07) is 27.7. The molecule has 0 saturated carbocycles. The quantitative estimate of drug-likeness (QED) is 0.195. The molecule has 5 aromatic rings. The van der Waals surface area contributed by atoms with Crippen LogP contribution in [-0.2, 0) is 4.79 Å². The highest BCUT2D eigenvalue weighted by Gasteiger charge is 2.13. The number of carbonyl (C=O) groups excluding carboxylic acids is 1. The number of carbonyl (C=O) groups is 1. The Morgan fingerprint density at radius 3 is 2.26 bits per heavy atom. The topological polar surface area (TPSA) is 115 Å². The molecule has 3 aromatic carbocycles. The van der Waals surface area contributed by atoms with E-state index < -0.39 is 4.92 Å².